The summed E-state index contributed by atoms with van der Waals surface area (Å²) in [6.07, 6.45) is 3.23. The predicted octanol–water partition coefficient (Wildman–Crippen LogP) is 3.06. The molecule has 0 N–H and O–H groups in total. The molecule has 1 atom stereocenters. The number of methoxy groups -OCH3 is 1. The Morgan fingerprint density at radius 3 is 3.13 bits per heavy atom. The Morgan fingerprint density at radius 1 is 1.35 bits per heavy atom. The van der Waals surface area contributed by atoms with E-state index < -0.39 is 0 Å². The van der Waals surface area contributed by atoms with Crippen molar-refractivity contribution in [2.24, 2.45) is 0 Å². The summed E-state index contributed by atoms with van der Waals surface area (Å²) >= 11 is 1.72. The van der Waals surface area contributed by atoms with Crippen LogP contribution in [0.2, 0.25) is 0 Å². The minimum atomic E-state index is 0.000965. The van der Waals surface area contributed by atoms with Gasteiger partial charge in [0.1, 0.15) is 6.10 Å². The van der Waals surface area contributed by atoms with Gasteiger partial charge in [0, 0.05) is 22.7 Å². The van der Waals surface area contributed by atoms with Crippen molar-refractivity contribution in [1.29, 1.82) is 0 Å². The second-order valence-electron chi connectivity index (χ2n) is 5.22. The Hall–Kier alpha value is -2.25. The smallest absolute Gasteiger partial charge is 0.229 e. The molecule has 0 saturated carbocycles. The van der Waals surface area contributed by atoms with Gasteiger partial charge in [-0.05, 0) is 29.5 Å². The van der Waals surface area contributed by atoms with Crippen molar-refractivity contribution in [2.75, 3.05) is 13.7 Å². The molecule has 0 aliphatic carbocycles. The normalized spacial score (nSPS) is 17.0. The molecule has 4 rings (SSSR count). The summed E-state index contributed by atoms with van der Waals surface area (Å²) in [5, 5.41) is 6.14. The Bertz CT molecular complexity index is 797. The number of aromatic nitrogens is 3. The van der Waals surface area contributed by atoms with Crippen molar-refractivity contribution in [3.63, 3.8) is 0 Å². The Balaban J connectivity index is 1.52. The molecule has 3 aromatic heterocycles. The summed E-state index contributed by atoms with van der Waals surface area (Å²) in [5.41, 5.74) is 2.16. The monoisotopic (exact) mass is 329 g/mol. The van der Waals surface area contributed by atoms with Crippen molar-refractivity contribution < 1.29 is 14.0 Å². The van der Waals surface area contributed by atoms with Gasteiger partial charge in [-0.15, -0.1) is 11.3 Å². The summed E-state index contributed by atoms with van der Waals surface area (Å²) in [7, 11) is 1.58. The summed E-state index contributed by atoms with van der Waals surface area (Å²) in [6, 6.07) is 5.79. The van der Waals surface area contributed by atoms with Crippen LogP contribution in [0, 0.1) is 0 Å². The molecule has 0 bridgehead atoms. The van der Waals surface area contributed by atoms with Crippen molar-refractivity contribution in [3.05, 3.63) is 46.1 Å². The predicted molar refractivity (Wildman–Crippen MR) is 84.5 cm³/mol. The molecular formula is C16H15N3O3S. The zero-order chi connectivity index (χ0) is 15.6. The molecule has 0 spiro atoms. The molecule has 0 saturated heterocycles. The van der Waals surface area contributed by atoms with Crippen LogP contribution in [-0.4, -0.2) is 28.8 Å². The van der Waals surface area contributed by atoms with Gasteiger partial charge in [0.05, 0.1) is 20.1 Å². The van der Waals surface area contributed by atoms with Gasteiger partial charge in [0.2, 0.25) is 17.6 Å². The first-order valence-corrected chi connectivity index (χ1v) is 8.22. The topological polar surface area (TPSA) is 70.3 Å². The van der Waals surface area contributed by atoms with E-state index >= 15 is 0 Å². The van der Waals surface area contributed by atoms with Crippen LogP contribution >= 0.6 is 11.3 Å². The third-order valence-electron chi connectivity index (χ3n) is 3.80. The number of hydrogen-bond donors (Lipinski definition) is 0. The Kier molecular flexibility index (Phi) is 3.80. The molecular weight excluding hydrogens is 314 g/mol. The number of nitrogens with zero attached hydrogens (tertiary/aromatic N) is 3. The highest BCUT2D eigenvalue weighted by molar-refractivity contribution is 7.10. The molecule has 3 aromatic rings. The van der Waals surface area contributed by atoms with Crippen molar-refractivity contribution in [3.8, 4) is 17.3 Å². The lowest BCUT2D eigenvalue weighted by Crippen LogP contribution is -2.16. The van der Waals surface area contributed by atoms with E-state index in [1.54, 1.807) is 30.7 Å². The lowest BCUT2D eigenvalue weighted by molar-refractivity contribution is 0.0405. The molecule has 1 aliphatic rings. The van der Waals surface area contributed by atoms with Crippen molar-refractivity contribution in [1.82, 2.24) is 15.1 Å². The molecule has 7 heteroatoms. The molecule has 0 radical (unpaired) electrons. The highest BCUT2D eigenvalue weighted by atomic mass is 32.1. The van der Waals surface area contributed by atoms with Crippen LogP contribution in [-0.2, 0) is 17.6 Å². The lowest BCUT2D eigenvalue weighted by atomic mass is 10.1. The molecule has 1 aliphatic heterocycles. The van der Waals surface area contributed by atoms with E-state index in [2.05, 4.69) is 26.6 Å². The van der Waals surface area contributed by atoms with Crippen LogP contribution in [0.5, 0.6) is 5.88 Å². The molecule has 118 valence electrons. The third kappa shape index (κ3) is 2.85. The van der Waals surface area contributed by atoms with Crippen LogP contribution in [0.15, 0.2) is 34.3 Å². The average Bonchev–Trinajstić information content (AvgIpc) is 3.25. The Labute approximate surface area is 137 Å². The number of fused-ring (bicyclic) bond motifs is 1. The summed E-state index contributed by atoms with van der Waals surface area (Å²) in [6.45, 7) is 0.734. The summed E-state index contributed by atoms with van der Waals surface area (Å²) in [5.74, 6) is 1.65. The molecule has 0 amide bonds. The summed E-state index contributed by atoms with van der Waals surface area (Å²) in [4.78, 5) is 9.87. The zero-order valence-corrected chi connectivity index (χ0v) is 13.4. The van der Waals surface area contributed by atoms with Crippen LogP contribution in [0.1, 0.15) is 22.4 Å². The van der Waals surface area contributed by atoms with Crippen molar-refractivity contribution in [2.45, 2.75) is 18.9 Å². The van der Waals surface area contributed by atoms with E-state index in [1.807, 2.05) is 6.07 Å². The largest absolute Gasteiger partial charge is 0.481 e. The maximum atomic E-state index is 5.87. The second kappa shape index (κ2) is 6.10. The number of hydrogen-bond acceptors (Lipinski definition) is 7. The molecule has 4 heterocycles. The number of rotatable bonds is 4. The fraction of sp³-hybridized carbons (Fsp3) is 0.312. The van der Waals surface area contributed by atoms with Gasteiger partial charge < -0.3 is 14.0 Å². The average molecular weight is 329 g/mol. The first-order valence-electron chi connectivity index (χ1n) is 7.34. The van der Waals surface area contributed by atoms with Gasteiger partial charge in [-0.3, -0.25) is 0 Å². The van der Waals surface area contributed by atoms with E-state index in [9.17, 15) is 0 Å². The van der Waals surface area contributed by atoms with E-state index in [4.69, 9.17) is 14.0 Å². The van der Waals surface area contributed by atoms with Gasteiger partial charge in [0.25, 0.3) is 0 Å². The number of pyridine rings is 1. The minimum absolute atomic E-state index is 0.000965. The van der Waals surface area contributed by atoms with Gasteiger partial charge >= 0.3 is 0 Å². The van der Waals surface area contributed by atoms with Gasteiger partial charge in [-0.25, -0.2) is 4.98 Å². The quantitative estimate of drug-likeness (QED) is 0.732. The molecule has 6 nitrogen and oxygen atoms in total. The molecule has 0 aromatic carbocycles. The summed E-state index contributed by atoms with van der Waals surface area (Å²) < 4.78 is 16.3. The molecule has 0 fully saturated rings. The molecule has 1 unspecified atom stereocenters. The Morgan fingerprint density at radius 2 is 2.30 bits per heavy atom. The standard InChI is InChI=1S/C16H15N3O3S/c1-20-13-3-2-11(9-17-13)16-18-14(22-19-16)8-12-15-10(4-6-21-12)5-7-23-15/h2-3,5,7,9,12H,4,6,8H2,1H3. The highest BCUT2D eigenvalue weighted by Crippen LogP contribution is 2.34. The SMILES string of the molecule is COc1ccc(-c2noc(CC3OCCc4ccsc43)n2)cn1. The van der Waals surface area contributed by atoms with Crippen molar-refractivity contribution >= 4 is 11.3 Å². The second-order valence-corrected chi connectivity index (χ2v) is 6.17. The first-order chi connectivity index (χ1) is 11.3. The maximum absolute atomic E-state index is 5.87. The fourth-order valence-electron chi connectivity index (χ4n) is 2.62. The van der Waals surface area contributed by atoms with Gasteiger partial charge in [-0.1, -0.05) is 5.16 Å². The number of ether oxygens (including phenoxy) is 2. The lowest BCUT2D eigenvalue weighted by Gasteiger charge is -2.21. The first kappa shape index (κ1) is 14.3. The van der Waals surface area contributed by atoms with Crippen LogP contribution in [0.4, 0.5) is 0 Å². The van der Waals surface area contributed by atoms with Crippen LogP contribution < -0.4 is 4.74 Å². The van der Waals surface area contributed by atoms with E-state index in [1.165, 1.54) is 10.4 Å². The highest BCUT2D eigenvalue weighted by Gasteiger charge is 2.25. The third-order valence-corrected chi connectivity index (χ3v) is 4.85. The molecule has 23 heavy (non-hydrogen) atoms. The van der Waals surface area contributed by atoms with Gasteiger partial charge in [0.15, 0.2) is 0 Å². The maximum Gasteiger partial charge on any atom is 0.229 e. The van der Waals surface area contributed by atoms with Crippen LogP contribution in [0.3, 0.4) is 0 Å². The zero-order valence-electron chi connectivity index (χ0n) is 12.6. The van der Waals surface area contributed by atoms with Crippen LogP contribution in [0.25, 0.3) is 11.4 Å². The minimum Gasteiger partial charge on any atom is -0.481 e. The number of thiophene rings is 1. The van der Waals surface area contributed by atoms with Gasteiger partial charge in [-0.2, -0.15) is 4.98 Å². The fourth-order valence-corrected chi connectivity index (χ4v) is 3.63. The van der Waals surface area contributed by atoms with E-state index in [0.717, 1.165) is 18.6 Å². The van der Waals surface area contributed by atoms with E-state index in [-0.39, 0.29) is 6.10 Å². The van der Waals surface area contributed by atoms with E-state index in [0.29, 0.717) is 24.0 Å².